The van der Waals surface area contributed by atoms with Gasteiger partial charge in [-0.2, -0.15) is 0 Å². The first-order valence-corrected chi connectivity index (χ1v) is 4.83. The molecule has 2 N–H and O–H groups in total. The lowest BCUT2D eigenvalue weighted by Gasteiger charge is -2.34. The van der Waals surface area contributed by atoms with Crippen LogP contribution >= 0.6 is 0 Å². The van der Waals surface area contributed by atoms with E-state index in [4.69, 9.17) is 15.2 Å². The molecular weight excluding hydrogens is 154 g/mol. The Bertz CT molecular complexity index is 147. The maximum absolute atomic E-state index is 5.85. The summed E-state index contributed by atoms with van der Waals surface area (Å²) in [6.07, 6.45) is 5.38. The first kappa shape index (κ1) is 8.48. The third-order valence-electron chi connectivity index (χ3n) is 2.66. The predicted molar refractivity (Wildman–Crippen MR) is 45.9 cm³/mol. The minimum Gasteiger partial charge on any atom is -0.376 e. The molecule has 3 heteroatoms. The van der Waals surface area contributed by atoms with E-state index in [9.17, 15) is 0 Å². The van der Waals surface area contributed by atoms with Crippen LogP contribution < -0.4 is 5.73 Å². The Morgan fingerprint density at radius 1 is 1.17 bits per heavy atom. The summed E-state index contributed by atoms with van der Waals surface area (Å²) < 4.78 is 10.8. The first-order chi connectivity index (χ1) is 5.84. The molecule has 1 aliphatic carbocycles. The Hall–Kier alpha value is -0.120. The Kier molecular flexibility index (Phi) is 2.63. The number of hydrogen-bond acceptors (Lipinski definition) is 3. The molecule has 2 fully saturated rings. The van der Waals surface area contributed by atoms with Crippen LogP contribution in [0.5, 0.6) is 0 Å². The molecule has 1 heterocycles. The summed E-state index contributed by atoms with van der Waals surface area (Å²) in [6.45, 7) is 1.57. The zero-order chi connectivity index (χ0) is 8.39. The van der Waals surface area contributed by atoms with Crippen molar-refractivity contribution < 1.29 is 9.47 Å². The number of rotatable bonds is 2. The van der Waals surface area contributed by atoms with Crippen LogP contribution in [0.2, 0.25) is 0 Å². The molecular formula is C9H17NO2. The third kappa shape index (κ3) is 1.97. The summed E-state index contributed by atoms with van der Waals surface area (Å²) in [5.74, 6) is 0. The van der Waals surface area contributed by atoms with Crippen LogP contribution in [0.25, 0.3) is 0 Å². The second-order valence-electron chi connectivity index (χ2n) is 3.84. The average Bonchev–Trinajstić information content (AvgIpc) is 1.97. The van der Waals surface area contributed by atoms with Crippen LogP contribution in [-0.2, 0) is 9.47 Å². The highest BCUT2D eigenvalue weighted by Gasteiger charge is 2.26. The summed E-state index contributed by atoms with van der Waals surface area (Å²) in [6, 6.07) is 0.366. The smallest absolute Gasteiger partial charge is 0.104 e. The van der Waals surface area contributed by atoms with E-state index in [-0.39, 0.29) is 0 Å². The summed E-state index contributed by atoms with van der Waals surface area (Å²) in [4.78, 5) is 0. The molecule has 1 aliphatic heterocycles. The lowest BCUT2D eigenvalue weighted by Crippen LogP contribution is -2.42. The van der Waals surface area contributed by atoms with Crippen molar-refractivity contribution in [1.82, 2.24) is 0 Å². The van der Waals surface area contributed by atoms with Crippen LogP contribution in [0.3, 0.4) is 0 Å². The van der Waals surface area contributed by atoms with Crippen molar-refractivity contribution in [3.8, 4) is 0 Å². The fourth-order valence-corrected chi connectivity index (χ4v) is 1.87. The van der Waals surface area contributed by atoms with Gasteiger partial charge in [-0.25, -0.2) is 0 Å². The van der Waals surface area contributed by atoms with E-state index in [0.29, 0.717) is 18.2 Å². The van der Waals surface area contributed by atoms with Crippen molar-refractivity contribution in [2.24, 2.45) is 5.73 Å². The quantitative estimate of drug-likeness (QED) is 0.664. The first-order valence-electron chi connectivity index (χ1n) is 4.83. The van der Waals surface area contributed by atoms with Crippen LogP contribution in [0.1, 0.15) is 25.7 Å². The maximum Gasteiger partial charge on any atom is 0.104 e. The van der Waals surface area contributed by atoms with E-state index < -0.39 is 0 Å². The monoisotopic (exact) mass is 171 g/mol. The Labute approximate surface area is 73.2 Å². The Balaban J connectivity index is 1.71. The van der Waals surface area contributed by atoms with Gasteiger partial charge in [0, 0.05) is 6.04 Å². The zero-order valence-electron chi connectivity index (χ0n) is 7.37. The molecule has 0 aromatic carbocycles. The van der Waals surface area contributed by atoms with Gasteiger partial charge in [-0.15, -0.1) is 0 Å². The maximum atomic E-state index is 5.85. The van der Waals surface area contributed by atoms with Crippen molar-refractivity contribution in [3.05, 3.63) is 0 Å². The van der Waals surface area contributed by atoms with Crippen LogP contribution in [0.15, 0.2) is 0 Å². The summed E-state index contributed by atoms with van der Waals surface area (Å²) in [5, 5.41) is 0. The molecule has 0 bridgehead atoms. The van der Waals surface area contributed by atoms with E-state index in [0.717, 1.165) is 19.6 Å². The van der Waals surface area contributed by atoms with Gasteiger partial charge in [0.25, 0.3) is 0 Å². The molecule has 2 aliphatic rings. The van der Waals surface area contributed by atoms with Gasteiger partial charge in [0.15, 0.2) is 0 Å². The average molecular weight is 171 g/mol. The second kappa shape index (κ2) is 3.73. The third-order valence-corrected chi connectivity index (χ3v) is 2.66. The summed E-state index contributed by atoms with van der Waals surface area (Å²) in [5.41, 5.74) is 5.85. The molecule has 12 heavy (non-hydrogen) atoms. The van der Waals surface area contributed by atoms with E-state index in [1.165, 1.54) is 19.3 Å². The SMILES string of the molecule is NC1CCCC(OC2COC2)C1. The zero-order valence-corrected chi connectivity index (χ0v) is 7.37. The van der Waals surface area contributed by atoms with Crippen LogP contribution in [0.4, 0.5) is 0 Å². The van der Waals surface area contributed by atoms with Crippen LogP contribution in [-0.4, -0.2) is 31.5 Å². The molecule has 2 atom stereocenters. The van der Waals surface area contributed by atoms with Crippen molar-refractivity contribution >= 4 is 0 Å². The number of nitrogens with two attached hydrogens (primary N) is 1. The molecule has 3 nitrogen and oxygen atoms in total. The van der Waals surface area contributed by atoms with Gasteiger partial charge < -0.3 is 15.2 Å². The molecule has 0 aromatic heterocycles. The predicted octanol–water partition coefficient (Wildman–Crippen LogP) is 0.672. The van der Waals surface area contributed by atoms with E-state index >= 15 is 0 Å². The highest BCUT2D eigenvalue weighted by atomic mass is 16.6. The van der Waals surface area contributed by atoms with Crippen molar-refractivity contribution in [2.75, 3.05) is 13.2 Å². The Morgan fingerprint density at radius 2 is 2.00 bits per heavy atom. The standard InChI is InChI=1S/C9H17NO2/c10-7-2-1-3-8(4-7)12-9-5-11-6-9/h7-9H,1-6,10H2. The molecule has 0 spiro atoms. The van der Waals surface area contributed by atoms with Crippen molar-refractivity contribution in [1.29, 1.82) is 0 Å². The van der Waals surface area contributed by atoms with Gasteiger partial charge in [0.1, 0.15) is 6.10 Å². The summed E-state index contributed by atoms with van der Waals surface area (Å²) >= 11 is 0. The molecule has 1 saturated carbocycles. The van der Waals surface area contributed by atoms with Gasteiger partial charge in [0.05, 0.1) is 19.3 Å². The van der Waals surface area contributed by atoms with E-state index in [1.807, 2.05) is 0 Å². The van der Waals surface area contributed by atoms with Gasteiger partial charge >= 0.3 is 0 Å². The summed E-state index contributed by atoms with van der Waals surface area (Å²) in [7, 11) is 0. The molecule has 70 valence electrons. The van der Waals surface area contributed by atoms with Crippen molar-refractivity contribution in [3.63, 3.8) is 0 Å². The number of hydrogen-bond donors (Lipinski definition) is 1. The fourth-order valence-electron chi connectivity index (χ4n) is 1.87. The Morgan fingerprint density at radius 3 is 2.58 bits per heavy atom. The molecule has 2 unspecified atom stereocenters. The van der Waals surface area contributed by atoms with E-state index in [2.05, 4.69) is 0 Å². The van der Waals surface area contributed by atoms with E-state index in [1.54, 1.807) is 0 Å². The van der Waals surface area contributed by atoms with Crippen LogP contribution in [0, 0.1) is 0 Å². The molecule has 1 saturated heterocycles. The van der Waals surface area contributed by atoms with Gasteiger partial charge in [-0.05, 0) is 25.7 Å². The number of ether oxygens (including phenoxy) is 2. The van der Waals surface area contributed by atoms with Gasteiger partial charge in [-0.1, -0.05) is 0 Å². The molecule has 2 rings (SSSR count). The molecule has 0 aromatic rings. The van der Waals surface area contributed by atoms with Gasteiger partial charge in [0.2, 0.25) is 0 Å². The molecule has 0 amide bonds. The topological polar surface area (TPSA) is 44.5 Å². The second-order valence-corrected chi connectivity index (χ2v) is 3.84. The normalized spacial score (nSPS) is 37.8. The largest absolute Gasteiger partial charge is 0.376 e. The lowest BCUT2D eigenvalue weighted by molar-refractivity contribution is -0.160. The lowest BCUT2D eigenvalue weighted by atomic mass is 9.93. The highest BCUT2D eigenvalue weighted by Crippen LogP contribution is 2.22. The van der Waals surface area contributed by atoms with Gasteiger partial charge in [-0.3, -0.25) is 0 Å². The minimum atomic E-state index is 0.361. The highest BCUT2D eigenvalue weighted by molar-refractivity contribution is 4.77. The minimum absolute atomic E-state index is 0.361. The van der Waals surface area contributed by atoms with Crippen molar-refractivity contribution in [2.45, 2.75) is 43.9 Å². The fraction of sp³-hybridized carbons (Fsp3) is 1.00. The molecule has 0 radical (unpaired) electrons.